The number of amides is 1. The molecule has 0 aliphatic heterocycles. The molecule has 0 bridgehead atoms. The van der Waals surface area contributed by atoms with Gasteiger partial charge in [0.1, 0.15) is 18.1 Å². The molecule has 1 aromatic heterocycles. The largest absolute Gasteiger partial charge is 0.496 e. The summed E-state index contributed by atoms with van der Waals surface area (Å²) >= 11 is 0. The van der Waals surface area contributed by atoms with Gasteiger partial charge in [-0.05, 0) is 53.6 Å². The van der Waals surface area contributed by atoms with E-state index in [1.54, 1.807) is 36.1 Å². The molecule has 3 aromatic rings. The number of rotatable bonds is 9. The molecule has 0 unspecified atom stereocenters. The molecule has 1 N–H and O–H groups in total. The van der Waals surface area contributed by atoms with Crippen molar-refractivity contribution in [1.29, 1.82) is 0 Å². The average Bonchev–Trinajstić information content (AvgIpc) is 3.20. The highest BCUT2D eigenvalue weighted by atomic mass is 16.5. The second kappa shape index (κ2) is 9.50. The van der Waals surface area contributed by atoms with E-state index in [1.165, 1.54) is 0 Å². The molecular formula is C20H23N5O3. The highest BCUT2D eigenvalue weighted by Crippen LogP contribution is 2.18. The summed E-state index contributed by atoms with van der Waals surface area (Å²) in [6, 6.07) is 14.8. The van der Waals surface area contributed by atoms with Gasteiger partial charge in [-0.15, -0.1) is 5.10 Å². The quantitative estimate of drug-likeness (QED) is 0.611. The number of para-hydroxylation sites is 1. The van der Waals surface area contributed by atoms with Gasteiger partial charge in [0.2, 0.25) is 0 Å². The van der Waals surface area contributed by atoms with Crippen molar-refractivity contribution in [1.82, 2.24) is 25.5 Å². The minimum atomic E-state index is -0.154. The lowest BCUT2D eigenvalue weighted by molar-refractivity contribution is 0.0953. The van der Waals surface area contributed by atoms with Crippen LogP contribution in [0.15, 0.2) is 48.5 Å². The zero-order valence-electron chi connectivity index (χ0n) is 16.0. The second-order valence-corrected chi connectivity index (χ2v) is 6.05. The van der Waals surface area contributed by atoms with Crippen molar-refractivity contribution < 1.29 is 14.3 Å². The number of aromatic nitrogens is 4. The predicted octanol–water partition coefficient (Wildman–Crippen LogP) is 2.25. The molecule has 0 saturated carbocycles. The summed E-state index contributed by atoms with van der Waals surface area (Å²) < 4.78 is 12.7. The summed E-state index contributed by atoms with van der Waals surface area (Å²) in [5.74, 6) is 1.89. The number of tetrazole rings is 1. The lowest BCUT2D eigenvalue weighted by Gasteiger charge is -2.10. The maximum Gasteiger partial charge on any atom is 0.251 e. The van der Waals surface area contributed by atoms with E-state index in [9.17, 15) is 4.79 Å². The fraction of sp³-hybridized carbons (Fsp3) is 0.300. The number of carbonyl (C=O) groups excluding carboxylic acids is 1. The molecule has 0 spiro atoms. The molecule has 28 heavy (non-hydrogen) atoms. The van der Waals surface area contributed by atoms with Gasteiger partial charge >= 0.3 is 0 Å². The van der Waals surface area contributed by atoms with Crippen molar-refractivity contribution in [2.75, 3.05) is 13.7 Å². The third-order valence-corrected chi connectivity index (χ3v) is 4.24. The number of methoxy groups -OCH3 is 1. The van der Waals surface area contributed by atoms with Crippen molar-refractivity contribution in [3.63, 3.8) is 0 Å². The van der Waals surface area contributed by atoms with Crippen LogP contribution in [0.1, 0.15) is 28.7 Å². The van der Waals surface area contributed by atoms with Gasteiger partial charge in [0.15, 0.2) is 5.82 Å². The van der Waals surface area contributed by atoms with E-state index in [1.807, 2.05) is 31.2 Å². The predicted molar refractivity (Wildman–Crippen MR) is 103 cm³/mol. The fourth-order valence-corrected chi connectivity index (χ4v) is 2.77. The number of benzene rings is 2. The van der Waals surface area contributed by atoms with E-state index < -0.39 is 0 Å². The number of carbonyl (C=O) groups is 1. The third-order valence-electron chi connectivity index (χ3n) is 4.24. The van der Waals surface area contributed by atoms with Gasteiger partial charge in [-0.25, -0.2) is 4.68 Å². The summed E-state index contributed by atoms with van der Waals surface area (Å²) in [4.78, 5) is 12.4. The first kappa shape index (κ1) is 19.3. The van der Waals surface area contributed by atoms with E-state index in [0.29, 0.717) is 36.6 Å². The molecule has 8 nitrogen and oxygen atoms in total. The topological polar surface area (TPSA) is 91.2 Å². The number of hydrogen-bond acceptors (Lipinski definition) is 6. The van der Waals surface area contributed by atoms with Crippen LogP contribution in [0.25, 0.3) is 0 Å². The van der Waals surface area contributed by atoms with E-state index >= 15 is 0 Å². The number of nitrogens with one attached hydrogen (secondary N) is 1. The molecule has 0 fully saturated rings. The summed E-state index contributed by atoms with van der Waals surface area (Å²) in [6.07, 6.45) is 0.686. The summed E-state index contributed by atoms with van der Waals surface area (Å²) in [5, 5.41) is 14.4. The van der Waals surface area contributed by atoms with Crippen molar-refractivity contribution in [2.24, 2.45) is 0 Å². The van der Waals surface area contributed by atoms with Crippen LogP contribution in [0.2, 0.25) is 0 Å². The zero-order chi connectivity index (χ0) is 19.8. The van der Waals surface area contributed by atoms with Gasteiger partial charge in [-0.2, -0.15) is 0 Å². The van der Waals surface area contributed by atoms with Crippen molar-refractivity contribution >= 4 is 5.91 Å². The van der Waals surface area contributed by atoms with Gasteiger partial charge in [0.25, 0.3) is 5.91 Å². The molecule has 0 saturated heterocycles. The SMILES string of the molecule is CCn1nnnc1COc1cccc(C(=O)NCCc2ccccc2OC)c1. The van der Waals surface area contributed by atoms with Crippen molar-refractivity contribution in [3.05, 3.63) is 65.5 Å². The van der Waals surface area contributed by atoms with Gasteiger partial charge in [0.05, 0.1) is 7.11 Å². The van der Waals surface area contributed by atoms with E-state index in [4.69, 9.17) is 9.47 Å². The minimum absolute atomic E-state index is 0.154. The summed E-state index contributed by atoms with van der Waals surface area (Å²) in [6.45, 7) is 3.37. The second-order valence-electron chi connectivity index (χ2n) is 6.05. The van der Waals surface area contributed by atoms with Crippen LogP contribution < -0.4 is 14.8 Å². The molecule has 0 atom stereocenters. The Morgan fingerprint density at radius 2 is 2.04 bits per heavy atom. The molecular weight excluding hydrogens is 358 g/mol. The Bertz CT molecular complexity index is 925. The molecule has 0 aliphatic carbocycles. The normalized spacial score (nSPS) is 10.5. The smallest absolute Gasteiger partial charge is 0.251 e. The molecule has 0 aliphatic rings. The first-order valence-electron chi connectivity index (χ1n) is 9.09. The van der Waals surface area contributed by atoms with Crippen LogP contribution in [0.4, 0.5) is 0 Å². The van der Waals surface area contributed by atoms with Gasteiger partial charge in [-0.3, -0.25) is 4.79 Å². The maximum absolute atomic E-state index is 12.4. The van der Waals surface area contributed by atoms with Crippen molar-refractivity contribution in [3.8, 4) is 11.5 Å². The lowest BCUT2D eigenvalue weighted by atomic mass is 10.1. The Labute approximate surface area is 163 Å². The average molecular weight is 381 g/mol. The highest BCUT2D eigenvalue weighted by Gasteiger charge is 2.09. The third kappa shape index (κ3) is 4.85. The van der Waals surface area contributed by atoms with Crippen LogP contribution >= 0.6 is 0 Å². The number of hydrogen-bond donors (Lipinski definition) is 1. The number of nitrogens with zero attached hydrogens (tertiary/aromatic N) is 4. The van der Waals surface area contributed by atoms with Gasteiger partial charge < -0.3 is 14.8 Å². The standard InChI is InChI=1S/C20H23N5O3/c1-3-25-19(22-23-24-25)14-28-17-9-6-8-16(13-17)20(26)21-12-11-15-7-4-5-10-18(15)27-2/h4-10,13H,3,11-12,14H2,1-2H3,(H,21,26). The molecule has 3 rings (SSSR count). The molecule has 8 heteroatoms. The van der Waals surface area contributed by atoms with Crippen LogP contribution in [-0.4, -0.2) is 39.8 Å². The first-order chi connectivity index (χ1) is 13.7. The molecule has 0 radical (unpaired) electrons. The Kier molecular flexibility index (Phi) is 6.56. The lowest BCUT2D eigenvalue weighted by Crippen LogP contribution is -2.25. The zero-order valence-corrected chi connectivity index (χ0v) is 16.0. The Hall–Kier alpha value is -3.42. The monoisotopic (exact) mass is 381 g/mol. The molecule has 1 heterocycles. The first-order valence-corrected chi connectivity index (χ1v) is 9.09. The maximum atomic E-state index is 12.4. The molecule has 146 valence electrons. The number of aryl methyl sites for hydroxylation is 1. The fourth-order valence-electron chi connectivity index (χ4n) is 2.77. The van der Waals surface area contributed by atoms with Crippen LogP contribution in [-0.2, 0) is 19.6 Å². The van der Waals surface area contributed by atoms with Gasteiger partial charge in [0, 0.05) is 18.7 Å². The summed E-state index contributed by atoms with van der Waals surface area (Å²) in [5.41, 5.74) is 1.59. The highest BCUT2D eigenvalue weighted by molar-refractivity contribution is 5.94. The Morgan fingerprint density at radius 1 is 1.18 bits per heavy atom. The van der Waals surface area contributed by atoms with Crippen molar-refractivity contribution in [2.45, 2.75) is 26.5 Å². The Balaban J connectivity index is 1.55. The van der Waals surface area contributed by atoms with Crippen LogP contribution in [0.5, 0.6) is 11.5 Å². The van der Waals surface area contributed by atoms with Crippen LogP contribution in [0.3, 0.4) is 0 Å². The number of ether oxygens (including phenoxy) is 2. The minimum Gasteiger partial charge on any atom is -0.496 e. The summed E-state index contributed by atoms with van der Waals surface area (Å²) in [7, 11) is 1.64. The molecule has 1 amide bonds. The Morgan fingerprint density at radius 3 is 2.86 bits per heavy atom. The van der Waals surface area contributed by atoms with E-state index in [2.05, 4.69) is 20.8 Å². The van der Waals surface area contributed by atoms with Gasteiger partial charge in [-0.1, -0.05) is 24.3 Å². The molecule has 2 aromatic carbocycles. The van der Waals surface area contributed by atoms with E-state index in [0.717, 1.165) is 11.3 Å². The van der Waals surface area contributed by atoms with E-state index in [-0.39, 0.29) is 12.5 Å². The van der Waals surface area contributed by atoms with Crippen LogP contribution in [0, 0.1) is 0 Å².